The maximum atomic E-state index is 13.2. The molecule has 1 amide bonds. The van der Waals surface area contributed by atoms with Crippen molar-refractivity contribution in [3.05, 3.63) is 24.3 Å². The topological polar surface area (TPSA) is 149 Å². The Balaban J connectivity index is 2.05. The van der Waals surface area contributed by atoms with Gasteiger partial charge in [0.25, 0.3) is 0 Å². The number of hydrogen-bond acceptors (Lipinski definition) is 8. The highest BCUT2D eigenvalue weighted by atomic mass is 16.7. The minimum absolute atomic E-state index is 0.132. The van der Waals surface area contributed by atoms with Crippen LogP contribution in [0.3, 0.4) is 0 Å². The van der Waals surface area contributed by atoms with Crippen molar-refractivity contribution in [2.75, 3.05) is 13.2 Å². The van der Waals surface area contributed by atoms with Gasteiger partial charge < -0.3 is 40.3 Å². The third-order valence-corrected chi connectivity index (χ3v) is 18.6. The number of amides is 1. The molecule has 1 aliphatic heterocycles. The van der Waals surface area contributed by atoms with E-state index in [1.807, 2.05) is 0 Å². The molecule has 0 aliphatic carbocycles. The first-order valence-corrected chi connectivity index (χ1v) is 38.0. The molecule has 0 aromatic rings. The minimum Gasteiger partial charge on any atom is -0.394 e. The molecule has 1 heterocycles. The SMILES string of the molecule is CCCCCCC/C=C\C/C=C\CCCCCCCCCCCCCCCCCCCCCCCCCCCC(=O)NC(COC1OC(CO)C(O)C(O)C1O)C(O)CCCCCCCCCCCCCCCCCCCCCCCCCCC. The molecule has 6 N–H and O–H groups in total. The molecule has 7 atom stereocenters. The second kappa shape index (κ2) is 65.6. The van der Waals surface area contributed by atoms with E-state index >= 15 is 0 Å². The van der Waals surface area contributed by atoms with Gasteiger partial charge in [0.15, 0.2) is 6.29 Å². The number of aliphatic hydroxyl groups is 5. The van der Waals surface area contributed by atoms with E-state index in [1.54, 1.807) is 0 Å². The summed E-state index contributed by atoms with van der Waals surface area (Å²) in [6, 6.07) is -0.718. The molecule has 1 fully saturated rings. The van der Waals surface area contributed by atoms with Crippen LogP contribution in [0.15, 0.2) is 24.3 Å². The lowest BCUT2D eigenvalue weighted by Crippen LogP contribution is -2.60. The smallest absolute Gasteiger partial charge is 0.220 e. The highest BCUT2D eigenvalue weighted by Crippen LogP contribution is 2.24. The molecule has 504 valence electrons. The van der Waals surface area contributed by atoms with E-state index in [4.69, 9.17) is 9.47 Å². The van der Waals surface area contributed by atoms with Gasteiger partial charge in [0.05, 0.1) is 25.4 Å². The lowest BCUT2D eigenvalue weighted by atomic mass is 9.99. The van der Waals surface area contributed by atoms with E-state index in [0.717, 1.165) is 44.9 Å². The molecule has 1 rings (SSSR count). The van der Waals surface area contributed by atoms with Gasteiger partial charge in [0.2, 0.25) is 5.91 Å². The Kier molecular flexibility index (Phi) is 63.1. The summed E-state index contributed by atoms with van der Waals surface area (Å²) in [7, 11) is 0. The van der Waals surface area contributed by atoms with Gasteiger partial charge in [-0.15, -0.1) is 0 Å². The zero-order valence-electron chi connectivity index (χ0n) is 56.7. The highest BCUT2D eigenvalue weighted by Gasteiger charge is 2.44. The number of allylic oxidation sites excluding steroid dienone is 4. The second-order valence-electron chi connectivity index (χ2n) is 26.8. The van der Waals surface area contributed by atoms with E-state index in [0.29, 0.717) is 12.8 Å². The van der Waals surface area contributed by atoms with E-state index in [-0.39, 0.29) is 12.5 Å². The molecule has 1 aliphatic rings. The van der Waals surface area contributed by atoms with Crippen LogP contribution in [0.5, 0.6) is 0 Å². The molecule has 0 bridgehead atoms. The number of hydrogen-bond donors (Lipinski definition) is 6. The van der Waals surface area contributed by atoms with Crippen molar-refractivity contribution in [1.29, 1.82) is 0 Å². The Morgan fingerprint density at radius 2 is 0.694 bits per heavy atom. The molecule has 0 saturated carbocycles. The van der Waals surface area contributed by atoms with Gasteiger partial charge in [-0.05, 0) is 44.9 Å². The number of ether oxygens (including phenoxy) is 2. The van der Waals surface area contributed by atoms with Crippen molar-refractivity contribution in [3.63, 3.8) is 0 Å². The number of unbranched alkanes of at least 4 members (excludes halogenated alkanes) is 54. The summed E-state index contributed by atoms with van der Waals surface area (Å²) in [5.41, 5.74) is 0. The first-order valence-electron chi connectivity index (χ1n) is 38.0. The largest absolute Gasteiger partial charge is 0.394 e. The van der Waals surface area contributed by atoms with Crippen LogP contribution in [0, 0.1) is 0 Å². The van der Waals surface area contributed by atoms with Gasteiger partial charge in [-0.3, -0.25) is 4.79 Å². The number of carbonyl (C=O) groups is 1. The van der Waals surface area contributed by atoms with Crippen LogP contribution in [0.4, 0.5) is 0 Å². The first kappa shape index (κ1) is 81.7. The predicted molar refractivity (Wildman–Crippen MR) is 364 cm³/mol. The van der Waals surface area contributed by atoms with Crippen molar-refractivity contribution < 1.29 is 39.8 Å². The molecular formula is C76H147NO8. The van der Waals surface area contributed by atoms with Crippen LogP contribution >= 0.6 is 0 Å². The van der Waals surface area contributed by atoms with Gasteiger partial charge >= 0.3 is 0 Å². The van der Waals surface area contributed by atoms with Crippen LogP contribution in [0.1, 0.15) is 399 Å². The lowest BCUT2D eigenvalue weighted by Gasteiger charge is -2.40. The quantitative estimate of drug-likeness (QED) is 0.0261. The first-order chi connectivity index (χ1) is 41.8. The van der Waals surface area contributed by atoms with Gasteiger partial charge in [-0.2, -0.15) is 0 Å². The van der Waals surface area contributed by atoms with Crippen molar-refractivity contribution >= 4 is 5.91 Å². The third kappa shape index (κ3) is 54.2. The summed E-state index contributed by atoms with van der Waals surface area (Å²) in [5.74, 6) is -0.134. The molecule has 0 spiro atoms. The van der Waals surface area contributed by atoms with E-state index in [1.165, 1.54) is 327 Å². The maximum Gasteiger partial charge on any atom is 0.220 e. The van der Waals surface area contributed by atoms with Crippen LogP contribution in [-0.2, 0) is 14.3 Å². The molecule has 9 nitrogen and oxygen atoms in total. The lowest BCUT2D eigenvalue weighted by molar-refractivity contribution is -0.302. The van der Waals surface area contributed by atoms with Gasteiger partial charge in [-0.25, -0.2) is 0 Å². The fourth-order valence-electron chi connectivity index (χ4n) is 12.6. The Bertz CT molecular complexity index is 1390. The van der Waals surface area contributed by atoms with Crippen LogP contribution < -0.4 is 5.32 Å². The Labute approximate surface area is 528 Å². The van der Waals surface area contributed by atoms with Crippen molar-refractivity contribution in [2.24, 2.45) is 0 Å². The van der Waals surface area contributed by atoms with E-state index in [2.05, 4.69) is 43.5 Å². The fourth-order valence-corrected chi connectivity index (χ4v) is 12.6. The summed E-state index contributed by atoms with van der Waals surface area (Å²) >= 11 is 0. The van der Waals surface area contributed by atoms with Gasteiger partial charge in [0, 0.05) is 6.42 Å². The Hall–Kier alpha value is -1.33. The number of nitrogens with one attached hydrogen (secondary N) is 1. The van der Waals surface area contributed by atoms with Crippen LogP contribution in [0.2, 0.25) is 0 Å². The highest BCUT2D eigenvalue weighted by molar-refractivity contribution is 5.76. The average molecular weight is 1200 g/mol. The summed E-state index contributed by atoms with van der Waals surface area (Å²) in [4.78, 5) is 13.2. The molecule has 7 unspecified atom stereocenters. The predicted octanol–water partition coefficient (Wildman–Crippen LogP) is 21.2. The number of rotatable bonds is 68. The summed E-state index contributed by atoms with van der Waals surface area (Å²) in [6.45, 7) is 3.89. The third-order valence-electron chi connectivity index (χ3n) is 18.6. The summed E-state index contributed by atoms with van der Waals surface area (Å²) in [5, 5.41) is 55.0. The molecular weight excluding hydrogens is 1050 g/mol. The maximum absolute atomic E-state index is 13.2. The molecule has 85 heavy (non-hydrogen) atoms. The minimum atomic E-state index is -1.55. The number of aliphatic hydroxyl groups excluding tert-OH is 5. The fraction of sp³-hybridized carbons (Fsp3) is 0.934. The standard InChI is InChI=1S/C76H147NO8/c1-3-5-7-9-11-13-15-17-19-21-23-25-27-29-30-31-32-33-34-35-36-37-38-39-40-42-44-46-48-50-52-54-56-58-60-62-64-66-72(80)77-69(68-84-76-75(83)74(82)73(81)71(67-78)85-76)70(79)65-63-61-59-57-55-53-51-49-47-45-43-41-28-26-24-22-20-18-16-14-12-10-8-6-4-2/h15,17,21,23,69-71,73-76,78-79,81-83H,3-14,16,18-20,22,24-68H2,1-2H3,(H,77,80)/b17-15-,23-21-. The van der Waals surface area contributed by atoms with Crippen LogP contribution in [0.25, 0.3) is 0 Å². The normalized spacial score (nSPS) is 18.1. The van der Waals surface area contributed by atoms with Gasteiger partial charge in [-0.1, -0.05) is 372 Å². The van der Waals surface area contributed by atoms with Crippen molar-refractivity contribution in [1.82, 2.24) is 5.32 Å². The van der Waals surface area contributed by atoms with Crippen molar-refractivity contribution in [2.45, 2.75) is 442 Å². The molecule has 0 aromatic heterocycles. The second-order valence-corrected chi connectivity index (χ2v) is 26.8. The molecule has 0 aromatic carbocycles. The zero-order chi connectivity index (χ0) is 61.4. The molecule has 0 radical (unpaired) electrons. The molecule has 9 heteroatoms. The monoisotopic (exact) mass is 1200 g/mol. The van der Waals surface area contributed by atoms with Crippen molar-refractivity contribution in [3.8, 4) is 0 Å². The Morgan fingerprint density at radius 3 is 1.01 bits per heavy atom. The van der Waals surface area contributed by atoms with Crippen LogP contribution in [-0.4, -0.2) is 87.5 Å². The van der Waals surface area contributed by atoms with E-state index < -0.39 is 49.5 Å². The Morgan fingerprint density at radius 1 is 0.400 bits per heavy atom. The summed E-state index contributed by atoms with van der Waals surface area (Å²) in [6.07, 6.45) is 79.9. The zero-order valence-corrected chi connectivity index (χ0v) is 56.7. The summed E-state index contributed by atoms with van der Waals surface area (Å²) < 4.78 is 11.4. The molecule has 1 saturated heterocycles. The average Bonchev–Trinajstić information content (AvgIpc) is 3.57. The van der Waals surface area contributed by atoms with E-state index in [9.17, 15) is 30.3 Å². The van der Waals surface area contributed by atoms with Gasteiger partial charge in [0.1, 0.15) is 24.4 Å². The number of carbonyl (C=O) groups excluding carboxylic acids is 1.